The van der Waals surface area contributed by atoms with Crippen molar-refractivity contribution in [1.82, 2.24) is 24.6 Å². The molecule has 8 nitrogen and oxygen atoms in total. The first kappa shape index (κ1) is 15.9. The van der Waals surface area contributed by atoms with Crippen LogP contribution in [0.15, 0.2) is 12.4 Å². The van der Waals surface area contributed by atoms with Gasteiger partial charge in [-0.25, -0.2) is 13.1 Å². The summed E-state index contributed by atoms with van der Waals surface area (Å²) in [5.41, 5.74) is 0. The molecule has 0 saturated carbocycles. The predicted molar refractivity (Wildman–Crippen MR) is 76.8 cm³/mol. The second-order valence-corrected chi connectivity index (χ2v) is 7.18. The van der Waals surface area contributed by atoms with Gasteiger partial charge in [-0.3, -0.25) is 4.79 Å². The normalized spacial score (nSPS) is 22.7. The molecule has 2 rings (SSSR count). The second kappa shape index (κ2) is 6.52. The van der Waals surface area contributed by atoms with Crippen LogP contribution in [0.1, 0.15) is 19.8 Å². The molecule has 2 heterocycles. The molecule has 1 aromatic rings. The van der Waals surface area contributed by atoms with Crippen molar-refractivity contribution in [3.8, 4) is 0 Å². The predicted octanol–water partition coefficient (Wildman–Crippen LogP) is -0.546. The molecule has 118 valence electrons. The van der Waals surface area contributed by atoms with Crippen molar-refractivity contribution in [2.45, 2.75) is 32.4 Å². The zero-order valence-corrected chi connectivity index (χ0v) is 13.1. The zero-order chi connectivity index (χ0) is 15.5. The van der Waals surface area contributed by atoms with E-state index in [4.69, 9.17) is 0 Å². The number of rotatable bonds is 6. The van der Waals surface area contributed by atoms with Crippen molar-refractivity contribution in [1.29, 1.82) is 0 Å². The Kier molecular flexibility index (Phi) is 4.94. The molecule has 1 aliphatic heterocycles. The van der Waals surface area contributed by atoms with E-state index < -0.39 is 10.0 Å². The summed E-state index contributed by atoms with van der Waals surface area (Å²) in [4.78, 5) is 15.2. The summed E-state index contributed by atoms with van der Waals surface area (Å²) >= 11 is 0. The molecule has 1 amide bonds. The monoisotopic (exact) mass is 315 g/mol. The van der Waals surface area contributed by atoms with E-state index in [1.165, 1.54) is 17.2 Å². The molecule has 9 heteroatoms. The number of nitrogens with one attached hydrogen (secondary N) is 1. The highest BCUT2D eigenvalue weighted by molar-refractivity contribution is 7.88. The lowest BCUT2D eigenvalue weighted by molar-refractivity contribution is -0.131. The summed E-state index contributed by atoms with van der Waals surface area (Å²) in [6.07, 6.45) is 6.02. The smallest absolute Gasteiger partial charge is 0.246 e. The van der Waals surface area contributed by atoms with Gasteiger partial charge in [0.2, 0.25) is 15.9 Å². The van der Waals surface area contributed by atoms with Crippen LogP contribution in [0.4, 0.5) is 0 Å². The van der Waals surface area contributed by atoms with Gasteiger partial charge in [-0.1, -0.05) is 13.3 Å². The highest BCUT2D eigenvalue weighted by Gasteiger charge is 2.36. The second-order valence-electron chi connectivity index (χ2n) is 5.40. The summed E-state index contributed by atoms with van der Waals surface area (Å²) in [6, 6.07) is -0.213. The standard InChI is InChI=1S/C12H21N5O3S/c1-3-4-10-7-16(8-11(10)15-21(2,19)20)12(18)9-17-13-5-6-14-17/h5-6,10-11,15H,3-4,7-9H2,1-2H3/t10-,11-/m0/s1. The number of sulfonamides is 1. The molecule has 1 saturated heterocycles. The van der Waals surface area contributed by atoms with E-state index in [2.05, 4.69) is 21.8 Å². The fourth-order valence-corrected chi connectivity index (χ4v) is 3.51. The molecule has 1 aliphatic rings. The maximum atomic E-state index is 12.2. The third-order valence-electron chi connectivity index (χ3n) is 3.56. The quantitative estimate of drug-likeness (QED) is 0.760. The maximum Gasteiger partial charge on any atom is 0.246 e. The van der Waals surface area contributed by atoms with Crippen molar-refractivity contribution >= 4 is 15.9 Å². The summed E-state index contributed by atoms with van der Waals surface area (Å²) in [7, 11) is -3.28. The number of amides is 1. The highest BCUT2D eigenvalue weighted by atomic mass is 32.2. The molecule has 1 fully saturated rings. The Bertz CT molecular complexity index is 572. The number of carbonyl (C=O) groups is 1. The number of nitrogens with zero attached hydrogens (tertiary/aromatic N) is 4. The van der Waals surface area contributed by atoms with Crippen molar-refractivity contribution < 1.29 is 13.2 Å². The van der Waals surface area contributed by atoms with Crippen molar-refractivity contribution in [3.63, 3.8) is 0 Å². The van der Waals surface area contributed by atoms with Gasteiger partial charge in [-0.2, -0.15) is 15.0 Å². The van der Waals surface area contributed by atoms with E-state index in [-0.39, 0.29) is 24.4 Å². The average Bonchev–Trinajstić information content (AvgIpc) is 2.99. The molecule has 0 aliphatic carbocycles. The lowest BCUT2D eigenvalue weighted by Gasteiger charge is -2.17. The third kappa shape index (κ3) is 4.50. The van der Waals surface area contributed by atoms with Gasteiger partial charge in [0, 0.05) is 19.1 Å². The number of hydrogen-bond acceptors (Lipinski definition) is 5. The fraction of sp³-hybridized carbons (Fsp3) is 0.750. The summed E-state index contributed by atoms with van der Waals surface area (Å²) < 4.78 is 25.5. The Hall–Kier alpha value is -1.48. The number of aromatic nitrogens is 3. The Morgan fingerprint density at radius 3 is 2.57 bits per heavy atom. The Morgan fingerprint density at radius 2 is 2.00 bits per heavy atom. The van der Waals surface area contributed by atoms with Crippen molar-refractivity contribution in [3.05, 3.63) is 12.4 Å². The lowest BCUT2D eigenvalue weighted by Crippen LogP contribution is -2.40. The molecule has 0 aromatic carbocycles. The van der Waals surface area contributed by atoms with Gasteiger partial charge in [0.25, 0.3) is 0 Å². The van der Waals surface area contributed by atoms with Crippen LogP contribution in [0.2, 0.25) is 0 Å². The zero-order valence-electron chi connectivity index (χ0n) is 12.3. The van der Waals surface area contributed by atoms with Crippen molar-refractivity contribution in [2.24, 2.45) is 5.92 Å². The van der Waals surface area contributed by atoms with Gasteiger partial charge in [0.05, 0.1) is 18.6 Å². The first-order valence-corrected chi connectivity index (χ1v) is 8.87. The largest absolute Gasteiger partial charge is 0.339 e. The van der Waals surface area contributed by atoms with Gasteiger partial charge < -0.3 is 4.90 Å². The van der Waals surface area contributed by atoms with E-state index in [9.17, 15) is 13.2 Å². The van der Waals surface area contributed by atoms with Crippen LogP contribution in [0.3, 0.4) is 0 Å². The van der Waals surface area contributed by atoms with Gasteiger partial charge in [-0.05, 0) is 12.3 Å². The Labute approximate surface area is 124 Å². The molecule has 2 atom stereocenters. The van der Waals surface area contributed by atoms with Crippen LogP contribution in [0.25, 0.3) is 0 Å². The maximum absolute atomic E-state index is 12.2. The molecule has 1 aromatic heterocycles. The van der Waals surface area contributed by atoms with E-state index in [1.54, 1.807) is 4.90 Å². The number of hydrogen-bond donors (Lipinski definition) is 1. The van der Waals surface area contributed by atoms with Crippen LogP contribution >= 0.6 is 0 Å². The molecule has 0 unspecified atom stereocenters. The van der Waals surface area contributed by atoms with Crippen LogP contribution in [-0.4, -0.2) is 59.6 Å². The van der Waals surface area contributed by atoms with Crippen LogP contribution in [0.5, 0.6) is 0 Å². The fourth-order valence-electron chi connectivity index (χ4n) is 2.69. The van der Waals surface area contributed by atoms with E-state index >= 15 is 0 Å². The summed E-state index contributed by atoms with van der Waals surface area (Å²) in [5, 5.41) is 7.82. The van der Waals surface area contributed by atoms with Gasteiger partial charge in [0.1, 0.15) is 6.54 Å². The summed E-state index contributed by atoms with van der Waals surface area (Å²) in [6.45, 7) is 3.10. The minimum Gasteiger partial charge on any atom is -0.339 e. The number of likely N-dealkylation sites (tertiary alicyclic amines) is 1. The van der Waals surface area contributed by atoms with Crippen LogP contribution in [-0.2, 0) is 21.4 Å². The van der Waals surface area contributed by atoms with Gasteiger partial charge >= 0.3 is 0 Å². The molecule has 21 heavy (non-hydrogen) atoms. The lowest BCUT2D eigenvalue weighted by atomic mass is 9.99. The van der Waals surface area contributed by atoms with Crippen LogP contribution in [0, 0.1) is 5.92 Å². The molecule has 0 bridgehead atoms. The van der Waals surface area contributed by atoms with E-state index in [0.29, 0.717) is 13.1 Å². The summed E-state index contributed by atoms with van der Waals surface area (Å²) in [5.74, 6) is 0.0596. The van der Waals surface area contributed by atoms with Gasteiger partial charge in [0.15, 0.2) is 0 Å². The molecule has 0 radical (unpaired) electrons. The molecule has 0 spiro atoms. The average molecular weight is 315 g/mol. The molecular weight excluding hydrogens is 294 g/mol. The van der Waals surface area contributed by atoms with E-state index in [1.807, 2.05) is 0 Å². The Morgan fingerprint density at radius 1 is 1.33 bits per heavy atom. The molecular formula is C12H21N5O3S. The third-order valence-corrected chi connectivity index (χ3v) is 4.29. The molecule has 1 N–H and O–H groups in total. The topological polar surface area (TPSA) is 97.2 Å². The van der Waals surface area contributed by atoms with E-state index in [0.717, 1.165) is 19.1 Å². The van der Waals surface area contributed by atoms with Gasteiger partial charge in [-0.15, -0.1) is 0 Å². The minimum absolute atomic E-state index is 0.0808. The SMILES string of the molecule is CCC[C@H]1CN(C(=O)Cn2nccn2)C[C@@H]1NS(C)(=O)=O. The van der Waals surface area contributed by atoms with Crippen LogP contribution < -0.4 is 4.72 Å². The minimum atomic E-state index is -3.28. The highest BCUT2D eigenvalue weighted by Crippen LogP contribution is 2.22. The van der Waals surface area contributed by atoms with Crippen molar-refractivity contribution in [2.75, 3.05) is 19.3 Å². The number of carbonyl (C=O) groups excluding carboxylic acids is 1. The first-order valence-electron chi connectivity index (χ1n) is 6.98. The Balaban J connectivity index is 2.00. The first-order chi connectivity index (χ1) is 9.89.